The molecule has 1 aromatic carbocycles. The summed E-state index contributed by atoms with van der Waals surface area (Å²) >= 11 is 6.12. The van der Waals surface area contributed by atoms with Crippen molar-refractivity contribution < 1.29 is 25.2 Å². The Labute approximate surface area is 167 Å². The molecule has 9 heteroatoms. The van der Waals surface area contributed by atoms with Gasteiger partial charge in [-0.25, -0.2) is 9.97 Å². The van der Waals surface area contributed by atoms with E-state index < -0.39 is 24.4 Å². The molecule has 2 heterocycles. The molecule has 152 valence electrons. The lowest BCUT2D eigenvalue weighted by Crippen LogP contribution is -2.32. The Bertz CT molecular complexity index is 846. The van der Waals surface area contributed by atoms with Crippen molar-refractivity contribution in [3.8, 4) is 0 Å². The molecule has 8 nitrogen and oxygen atoms in total. The average molecular weight is 410 g/mol. The fourth-order valence-corrected chi connectivity index (χ4v) is 4.17. The molecule has 5 N–H and O–H groups in total. The molecule has 1 aromatic heterocycles. The summed E-state index contributed by atoms with van der Waals surface area (Å²) in [5, 5.41) is 43.5. The van der Waals surface area contributed by atoms with E-state index in [9.17, 15) is 20.4 Å². The third-order valence-electron chi connectivity index (χ3n) is 5.60. The van der Waals surface area contributed by atoms with Gasteiger partial charge in [0.25, 0.3) is 0 Å². The summed E-state index contributed by atoms with van der Waals surface area (Å²) in [6.45, 7) is -0.375. The van der Waals surface area contributed by atoms with Crippen LogP contribution in [0.2, 0.25) is 5.28 Å². The molecule has 0 radical (unpaired) electrons. The molecule has 0 bridgehead atoms. The first-order valence-corrected chi connectivity index (χ1v) is 9.88. The first-order chi connectivity index (χ1) is 13.5. The van der Waals surface area contributed by atoms with Crippen molar-refractivity contribution in [3.05, 3.63) is 29.0 Å². The van der Waals surface area contributed by atoms with Gasteiger partial charge in [-0.1, -0.05) is 6.07 Å². The molecule has 0 unspecified atom stereocenters. The number of hydrogen-bond donors (Lipinski definition) is 5. The predicted octanol–water partition coefficient (Wildman–Crippen LogP) is 1.15. The van der Waals surface area contributed by atoms with Crippen LogP contribution in [0.4, 0.5) is 5.82 Å². The summed E-state index contributed by atoms with van der Waals surface area (Å²) in [6, 6.07) is 5.57. The van der Waals surface area contributed by atoms with Gasteiger partial charge in [0.2, 0.25) is 5.28 Å². The number of aromatic nitrogens is 2. The highest BCUT2D eigenvalue weighted by Gasteiger charge is 2.43. The maximum absolute atomic E-state index is 10.3. The molecular weight excluding hydrogens is 386 g/mol. The number of halogens is 1. The summed E-state index contributed by atoms with van der Waals surface area (Å²) in [6.07, 6.45) is -0.909. The van der Waals surface area contributed by atoms with Gasteiger partial charge < -0.3 is 30.5 Å². The molecule has 0 amide bonds. The van der Waals surface area contributed by atoms with E-state index >= 15 is 0 Å². The minimum Gasteiger partial charge on any atom is -0.394 e. The lowest BCUT2D eigenvalue weighted by atomic mass is 9.93. The Kier molecular flexibility index (Phi) is 5.69. The number of ether oxygens (including phenoxy) is 1. The zero-order valence-corrected chi connectivity index (χ0v) is 16.0. The molecule has 28 heavy (non-hydrogen) atoms. The van der Waals surface area contributed by atoms with Crippen LogP contribution in [0, 0.1) is 0 Å². The van der Waals surface area contributed by atoms with Crippen LogP contribution in [0.3, 0.4) is 0 Å². The van der Waals surface area contributed by atoms with Crippen LogP contribution in [0.1, 0.15) is 37.4 Å². The average Bonchev–Trinajstić information content (AvgIpc) is 2.97. The third-order valence-corrected chi connectivity index (χ3v) is 5.77. The molecule has 2 fully saturated rings. The van der Waals surface area contributed by atoms with Crippen molar-refractivity contribution in [2.24, 2.45) is 0 Å². The lowest BCUT2D eigenvalue weighted by molar-refractivity contribution is -0.0227. The Balaban J connectivity index is 1.62. The van der Waals surface area contributed by atoms with E-state index in [-0.39, 0.29) is 24.0 Å². The Morgan fingerprint density at radius 1 is 1.07 bits per heavy atom. The van der Waals surface area contributed by atoms with Crippen molar-refractivity contribution in [1.82, 2.24) is 9.97 Å². The van der Waals surface area contributed by atoms with E-state index in [2.05, 4.69) is 15.3 Å². The van der Waals surface area contributed by atoms with Crippen LogP contribution in [0.25, 0.3) is 10.9 Å². The standard InChI is InChI=1S/C19H24ClN3O5/c20-19-22-13-7-9(17-16(27)15(26)14(8-24)28-17)1-6-12(13)18(23-19)21-10-2-4-11(25)5-3-10/h1,6-7,10-11,14-17,24-27H,2-5,8H2,(H,21,22,23)/t10?,11?,14-,15-,16-,17+/m1/s1. The summed E-state index contributed by atoms with van der Waals surface area (Å²) in [7, 11) is 0. The number of aliphatic hydroxyl groups excluding tert-OH is 4. The van der Waals surface area contributed by atoms with Gasteiger partial charge in [0.05, 0.1) is 18.2 Å². The summed E-state index contributed by atoms with van der Waals surface area (Å²) in [5.74, 6) is 0.629. The number of nitrogens with one attached hydrogen (secondary N) is 1. The number of rotatable bonds is 4. The molecule has 0 spiro atoms. The second-order valence-electron chi connectivity index (χ2n) is 7.53. The smallest absolute Gasteiger partial charge is 0.224 e. The molecule has 1 aliphatic carbocycles. The van der Waals surface area contributed by atoms with Gasteiger partial charge in [0.15, 0.2) is 0 Å². The maximum Gasteiger partial charge on any atom is 0.224 e. The Morgan fingerprint density at radius 3 is 2.50 bits per heavy atom. The van der Waals surface area contributed by atoms with E-state index in [1.54, 1.807) is 12.1 Å². The molecule has 4 rings (SSSR count). The summed E-state index contributed by atoms with van der Waals surface area (Å²) in [4.78, 5) is 8.60. The van der Waals surface area contributed by atoms with E-state index in [1.165, 1.54) is 0 Å². The fraction of sp³-hybridized carbons (Fsp3) is 0.579. The van der Waals surface area contributed by atoms with Crippen LogP contribution in [-0.2, 0) is 4.74 Å². The monoisotopic (exact) mass is 409 g/mol. The maximum atomic E-state index is 10.3. The highest BCUT2D eigenvalue weighted by Crippen LogP contribution is 2.35. The van der Waals surface area contributed by atoms with Crippen molar-refractivity contribution in [3.63, 3.8) is 0 Å². The minimum absolute atomic E-state index is 0.101. The number of hydrogen-bond acceptors (Lipinski definition) is 8. The number of benzene rings is 1. The molecule has 1 saturated heterocycles. The quantitative estimate of drug-likeness (QED) is 0.476. The number of nitrogens with zero attached hydrogens (tertiary/aromatic N) is 2. The van der Waals surface area contributed by atoms with Gasteiger partial charge in [-0.2, -0.15) is 0 Å². The molecule has 1 aliphatic heterocycles. The topological polar surface area (TPSA) is 128 Å². The highest BCUT2D eigenvalue weighted by molar-refractivity contribution is 6.28. The van der Waals surface area contributed by atoms with E-state index in [0.29, 0.717) is 16.9 Å². The van der Waals surface area contributed by atoms with Gasteiger partial charge >= 0.3 is 0 Å². The summed E-state index contributed by atoms with van der Waals surface area (Å²) in [5.41, 5.74) is 1.23. The van der Waals surface area contributed by atoms with Crippen molar-refractivity contribution in [2.75, 3.05) is 11.9 Å². The Hall–Kier alpha value is -1.55. The SMILES string of the molecule is OC[C@H]1O[C@@H](c2ccc3c(NC4CCC(O)CC4)nc(Cl)nc3c2)[C@H](O)[C@@H]1O. The summed E-state index contributed by atoms with van der Waals surface area (Å²) < 4.78 is 5.60. The van der Waals surface area contributed by atoms with Crippen LogP contribution < -0.4 is 5.32 Å². The van der Waals surface area contributed by atoms with E-state index in [4.69, 9.17) is 16.3 Å². The third kappa shape index (κ3) is 3.80. The largest absolute Gasteiger partial charge is 0.394 e. The fourth-order valence-electron chi connectivity index (χ4n) is 3.99. The van der Waals surface area contributed by atoms with Crippen LogP contribution in [-0.4, -0.2) is 67.5 Å². The molecule has 2 aliphatic rings. The van der Waals surface area contributed by atoms with Gasteiger partial charge in [-0.3, -0.25) is 0 Å². The van der Waals surface area contributed by atoms with Crippen LogP contribution >= 0.6 is 11.6 Å². The minimum atomic E-state index is -1.15. The van der Waals surface area contributed by atoms with Gasteiger partial charge in [0, 0.05) is 11.4 Å². The van der Waals surface area contributed by atoms with Crippen LogP contribution in [0.15, 0.2) is 18.2 Å². The van der Waals surface area contributed by atoms with Gasteiger partial charge in [-0.15, -0.1) is 0 Å². The predicted molar refractivity (Wildman–Crippen MR) is 103 cm³/mol. The van der Waals surface area contributed by atoms with Crippen molar-refractivity contribution in [1.29, 1.82) is 0 Å². The first-order valence-electron chi connectivity index (χ1n) is 9.50. The lowest BCUT2D eigenvalue weighted by Gasteiger charge is -2.27. The molecular formula is C19H24ClN3O5. The van der Waals surface area contributed by atoms with Gasteiger partial charge in [0.1, 0.15) is 30.2 Å². The van der Waals surface area contributed by atoms with Crippen molar-refractivity contribution >= 4 is 28.3 Å². The van der Waals surface area contributed by atoms with E-state index in [1.807, 2.05) is 6.07 Å². The van der Waals surface area contributed by atoms with Gasteiger partial charge in [-0.05, 0) is 55.0 Å². The molecule has 2 aromatic rings. The molecule has 1 saturated carbocycles. The normalized spacial score (nSPS) is 33.3. The number of anilines is 1. The van der Waals surface area contributed by atoms with Crippen molar-refractivity contribution in [2.45, 2.75) is 62.2 Å². The number of aliphatic hydroxyl groups is 4. The zero-order valence-electron chi connectivity index (χ0n) is 15.2. The highest BCUT2D eigenvalue weighted by atomic mass is 35.5. The Morgan fingerprint density at radius 2 is 1.82 bits per heavy atom. The van der Waals surface area contributed by atoms with Crippen LogP contribution in [0.5, 0.6) is 0 Å². The van der Waals surface area contributed by atoms with E-state index in [0.717, 1.165) is 31.1 Å². The zero-order chi connectivity index (χ0) is 19.8. The second-order valence-corrected chi connectivity index (χ2v) is 7.86. The number of fused-ring (bicyclic) bond motifs is 1. The first kappa shape index (κ1) is 19.8. The molecule has 4 atom stereocenters. The second kappa shape index (κ2) is 8.06.